The van der Waals surface area contributed by atoms with E-state index < -0.39 is 0 Å². The topological polar surface area (TPSA) is 90.0 Å². The molecule has 1 N–H and O–H groups in total. The molecule has 0 radical (unpaired) electrons. The molecule has 114 valence electrons. The van der Waals surface area contributed by atoms with E-state index in [1.165, 1.54) is 6.33 Å². The predicted molar refractivity (Wildman–Crippen MR) is 79.0 cm³/mol. The molecule has 0 spiro atoms. The minimum absolute atomic E-state index is 0.169. The van der Waals surface area contributed by atoms with E-state index >= 15 is 0 Å². The summed E-state index contributed by atoms with van der Waals surface area (Å²) in [7, 11) is 1.80. The predicted octanol–water partition coefficient (Wildman–Crippen LogP) is 0.985. The number of nitrogens with zero attached hydrogens (tertiary/aromatic N) is 6. The third-order valence-corrected chi connectivity index (χ3v) is 3.45. The molecule has 0 aromatic carbocycles. The van der Waals surface area contributed by atoms with E-state index in [-0.39, 0.29) is 17.9 Å². The van der Waals surface area contributed by atoms with E-state index in [0.29, 0.717) is 17.2 Å². The first kappa shape index (κ1) is 14.2. The lowest BCUT2D eigenvalue weighted by molar-refractivity contribution is 0.0916. The Morgan fingerprint density at radius 1 is 1.32 bits per heavy atom. The van der Waals surface area contributed by atoms with Crippen LogP contribution in [-0.4, -0.2) is 35.3 Å². The number of hydrogen-bond acceptors (Lipinski definition) is 5. The van der Waals surface area contributed by atoms with Gasteiger partial charge in [0.05, 0.1) is 6.04 Å². The minimum Gasteiger partial charge on any atom is -0.340 e. The van der Waals surface area contributed by atoms with Crippen molar-refractivity contribution < 1.29 is 4.79 Å². The molecule has 0 saturated carbocycles. The van der Waals surface area contributed by atoms with E-state index in [0.717, 1.165) is 0 Å². The highest BCUT2D eigenvalue weighted by Crippen LogP contribution is 2.19. The Labute approximate surface area is 127 Å². The fourth-order valence-corrected chi connectivity index (χ4v) is 2.27. The Balaban J connectivity index is 1.86. The summed E-state index contributed by atoms with van der Waals surface area (Å²) in [6.07, 6.45) is 4.89. The van der Waals surface area contributed by atoms with Crippen LogP contribution in [-0.2, 0) is 7.05 Å². The van der Waals surface area contributed by atoms with Crippen molar-refractivity contribution in [1.82, 2.24) is 34.7 Å². The number of carbonyl (C=O) groups excluding carboxylic acids is 1. The van der Waals surface area contributed by atoms with E-state index in [1.54, 1.807) is 40.8 Å². The second-order valence-electron chi connectivity index (χ2n) is 5.39. The van der Waals surface area contributed by atoms with Gasteiger partial charge in [-0.25, -0.2) is 14.5 Å². The van der Waals surface area contributed by atoms with Gasteiger partial charge in [-0.1, -0.05) is 13.8 Å². The molecule has 0 saturated heterocycles. The molecule has 0 aliphatic rings. The van der Waals surface area contributed by atoms with Crippen molar-refractivity contribution in [2.45, 2.75) is 19.9 Å². The molecule has 1 atom stereocenters. The second kappa shape index (κ2) is 5.55. The molecule has 8 heteroatoms. The quantitative estimate of drug-likeness (QED) is 0.775. The van der Waals surface area contributed by atoms with Gasteiger partial charge in [0.2, 0.25) is 0 Å². The maximum Gasteiger partial charge on any atom is 0.272 e. The SMILES string of the molecule is CC(C)C(NC(=O)c1cc2ncccn2n1)c1ncnn1C. The normalized spacial score (nSPS) is 12.7. The molecule has 0 aliphatic carbocycles. The first-order valence-corrected chi connectivity index (χ1v) is 7.01. The molecule has 0 aliphatic heterocycles. The van der Waals surface area contributed by atoms with Crippen LogP contribution in [0, 0.1) is 5.92 Å². The largest absolute Gasteiger partial charge is 0.340 e. The van der Waals surface area contributed by atoms with Crippen molar-refractivity contribution in [3.05, 3.63) is 42.4 Å². The molecule has 0 bridgehead atoms. The fraction of sp³-hybridized carbons (Fsp3) is 0.357. The van der Waals surface area contributed by atoms with Crippen LogP contribution in [0.2, 0.25) is 0 Å². The summed E-state index contributed by atoms with van der Waals surface area (Å²) in [4.78, 5) is 20.8. The molecule has 1 amide bonds. The lowest BCUT2D eigenvalue weighted by Crippen LogP contribution is -2.33. The van der Waals surface area contributed by atoms with Gasteiger partial charge in [-0.3, -0.25) is 9.48 Å². The maximum atomic E-state index is 12.5. The second-order valence-corrected chi connectivity index (χ2v) is 5.39. The lowest BCUT2D eigenvalue weighted by atomic mass is 10.0. The minimum atomic E-state index is -0.257. The average molecular weight is 299 g/mol. The van der Waals surface area contributed by atoms with Gasteiger partial charge < -0.3 is 5.32 Å². The van der Waals surface area contributed by atoms with Crippen LogP contribution in [0.5, 0.6) is 0 Å². The van der Waals surface area contributed by atoms with Gasteiger partial charge in [-0.05, 0) is 12.0 Å². The summed E-state index contributed by atoms with van der Waals surface area (Å²) in [6.45, 7) is 4.04. The molecular weight excluding hydrogens is 282 g/mol. The van der Waals surface area contributed by atoms with E-state index in [2.05, 4.69) is 25.5 Å². The summed E-state index contributed by atoms with van der Waals surface area (Å²) < 4.78 is 3.23. The van der Waals surface area contributed by atoms with Crippen LogP contribution in [0.15, 0.2) is 30.9 Å². The number of aromatic nitrogens is 6. The van der Waals surface area contributed by atoms with Crippen LogP contribution in [0.25, 0.3) is 5.65 Å². The highest BCUT2D eigenvalue weighted by atomic mass is 16.2. The number of rotatable bonds is 4. The summed E-state index contributed by atoms with van der Waals surface area (Å²) in [5, 5.41) is 11.3. The Morgan fingerprint density at radius 3 is 2.77 bits per heavy atom. The van der Waals surface area contributed by atoms with Crippen molar-refractivity contribution in [2.24, 2.45) is 13.0 Å². The third-order valence-electron chi connectivity index (χ3n) is 3.45. The lowest BCUT2D eigenvalue weighted by Gasteiger charge is -2.20. The van der Waals surface area contributed by atoms with Gasteiger partial charge in [0.1, 0.15) is 12.2 Å². The number of nitrogens with one attached hydrogen (secondary N) is 1. The van der Waals surface area contributed by atoms with Gasteiger partial charge >= 0.3 is 0 Å². The Bertz CT molecular complexity index is 771. The van der Waals surface area contributed by atoms with Gasteiger partial charge in [-0.15, -0.1) is 0 Å². The van der Waals surface area contributed by atoms with Crippen LogP contribution < -0.4 is 5.32 Å². The molecule has 3 heterocycles. The fourth-order valence-electron chi connectivity index (χ4n) is 2.27. The number of carbonyl (C=O) groups is 1. The Hall–Kier alpha value is -2.77. The van der Waals surface area contributed by atoms with Crippen LogP contribution in [0.3, 0.4) is 0 Å². The Morgan fingerprint density at radius 2 is 2.14 bits per heavy atom. The standard InChI is InChI=1S/C14H17N7O/c1-9(2)12(13-16-8-17-20(13)3)18-14(22)10-7-11-15-5-4-6-21(11)19-10/h4-9,12H,1-3H3,(H,18,22). The van der Waals surface area contributed by atoms with Crippen LogP contribution in [0.4, 0.5) is 0 Å². The smallest absolute Gasteiger partial charge is 0.272 e. The first-order valence-electron chi connectivity index (χ1n) is 7.01. The van der Waals surface area contributed by atoms with Crippen molar-refractivity contribution in [3.63, 3.8) is 0 Å². The molecule has 3 aromatic rings. The van der Waals surface area contributed by atoms with Gasteiger partial charge in [0, 0.05) is 25.5 Å². The molecule has 3 rings (SSSR count). The van der Waals surface area contributed by atoms with Gasteiger partial charge in [0.15, 0.2) is 11.3 Å². The molecule has 8 nitrogen and oxygen atoms in total. The van der Waals surface area contributed by atoms with Crippen LogP contribution in [0.1, 0.15) is 36.2 Å². The molecular formula is C14H17N7O. The third kappa shape index (κ3) is 2.54. The molecule has 3 aromatic heterocycles. The van der Waals surface area contributed by atoms with Crippen molar-refractivity contribution in [3.8, 4) is 0 Å². The average Bonchev–Trinajstić information content (AvgIpc) is 3.10. The summed E-state index contributed by atoms with van der Waals surface area (Å²) >= 11 is 0. The van der Waals surface area contributed by atoms with Crippen molar-refractivity contribution >= 4 is 11.6 Å². The number of aryl methyl sites for hydroxylation is 1. The highest BCUT2D eigenvalue weighted by molar-refractivity contribution is 5.93. The van der Waals surface area contributed by atoms with Gasteiger partial charge in [-0.2, -0.15) is 10.2 Å². The number of amides is 1. The van der Waals surface area contributed by atoms with E-state index in [4.69, 9.17) is 0 Å². The highest BCUT2D eigenvalue weighted by Gasteiger charge is 2.24. The summed E-state index contributed by atoms with van der Waals surface area (Å²) in [5.74, 6) is 0.624. The maximum absolute atomic E-state index is 12.5. The molecule has 1 unspecified atom stereocenters. The summed E-state index contributed by atoms with van der Waals surface area (Å²) in [5.41, 5.74) is 0.957. The Kier molecular flexibility index (Phi) is 3.58. The zero-order valence-corrected chi connectivity index (χ0v) is 12.6. The number of fused-ring (bicyclic) bond motifs is 1. The first-order chi connectivity index (χ1) is 10.6. The molecule has 22 heavy (non-hydrogen) atoms. The van der Waals surface area contributed by atoms with Gasteiger partial charge in [0.25, 0.3) is 5.91 Å². The zero-order chi connectivity index (χ0) is 15.7. The van der Waals surface area contributed by atoms with E-state index in [1.807, 2.05) is 13.8 Å². The summed E-state index contributed by atoms with van der Waals surface area (Å²) in [6, 6.07) is 3.18. The van der Waals surface area contributed by atoms with Crippen LogP contribution >= 0.6 is 0 Å². The van der Waals surface area contributed by atoms with E-state index in [9.17, 15) is 4.79 Å². The van der Waals surface area contributed by atoms with Crippen molar-refractivity contribution in [2.75, 3.05) is 0 Å². The number of hydrogen-bond donors (Lipinski definition) is 1. The zero-order valence-electron chi connectivity index (χ0n) is 12.6. The monoisotopic (exact) mass is 299 g/mol. The molecule has 0 fully saturated rings. The van der Waals surface area contributed by atoms with Crippen molar-refractivity contribution in [1.29, 1.82) is 0 Å².